The highest BCUT2D eigenvalue weighted by molar-refractivity contribution is 7.92. The molecule has 1 aliphatic rings. The molecule has 31 heavy (non-hydrogen) atoms. The maximum Gasteiger partial charge on any atom is 0.244 e. The molecule has 6 heteroatoms. The monoisotopic (exact) mass is 442 g/mol. The number of amides is 1. The van der Waals surface area contributed by atoms with E-state index >= 15 is 0 Å². The Balaban J connectivity index is 1.86. The Morgan fingerprint density at radius 1 is 1.00 bits per heavy atom. The number of benzene rings is 2. The fraction of sp³-hybridized carbons (Fsp3) is 0.480. The lowest BCUT2D eigenvalue weighted by molar-refractivity contribution is -0.123. The Morgan fingerprint density at radius 3 is 2.23 bits per heavy atom. The van der Waals surface area contributed by atoms with Gasteiger partial charge in [0.15, 0.2) is 0 Å². The number of fused-ring (bicyclic) bond motifs is 1. The lowest BCUT2D eigenvalue weighted by Crippen LogP contribution is -2.50. The topological polar surface area (TPSA) is 66.5 Å². The molecule has 5 nitrogen and oxygen atoms in total. The van der Waals surface area contributed by atoms with E-state index in [2.05, 4.69) is 23.5 Å². The second-order valence-corrected chi connectivity index (χ2v) is 10.4. The van der Waals surface area contributed by atoms with E-state index in [0.717, 1.165) is 36.6 Å². The van der Waals surface area contributed by atoms with Crippen molar-refractivity contribution in [3.8, 4) is 0 Å². The first kappa shape index (κ1) is 23.3. The molecule has 0 spiro atoms. The first-order valence-corrected chi connectivity index (χ1v) is 13.1. The van der Waals surface area contributed by atoms with Gasteiger partial charge in [-0.1, -0.05) is 49.7 Å². The van der Waals surface area contributed by atoms with Crippen LogP contribution >= 0.6 is 0 Å². The summed E-state index contributed by atoms with van der Waals surface area (Å²) in [7, 11) is -3.63. The highest BCUT2D eigenvalue weighted by Crippen LogP contribution is 2.27. The molecule has 2 atom stereocenters. The SMILES string of the molecule is CC[C@@H](NC(=O)[C@H](CC)N(c1ccc(C)cc1)S(C)(=O)=O)c1ccc2c(c1)CCCC2. The lowest BCUT2D eigenvalue weighted by atomic mass is 9.88. The summed E-state index contributed by atoms with van der Waals surface area (Å²) in [5.41, 5.74) is 5.42. The van der Waals surface area contributed by atoms with Gasteiger partial charge in [-0.2, -0.15) is 0 Å². The van der Waals surface area contributed by atoms with E-state index in [1.807, 2.05) is 32.9 Å². The molecule has 168 valence electrons. The van der Waals surface area contributed by atoms with Crippen molar-refractivity contribution >= 4 is 21.6 Å². The molecule has 1 aliphatic carbocycles. The molecule has 2 aromatic rings. The van der Waals surface area contributed by atoms with Crippen LogP contribution in [0.15, 0.2) is 42.5 Å². The van der Waals surface area contributed by atoms with E-state index in [4.69, 9.17) is 0 Å². The van der Waals surface area contributed by atoms with Crippen LogP contribution in [0.5, 0.6) is 0 Å². The van der Waals surface area contributed by atoms with Crippen LogP contribution in [0.25, 0.3) is 0 Å². The third kappa shape index (κ3) is 5.48. The van der Waals surface area contributed by atoms with Gasteiger partial charge in [0.05, 0.1) is 18.0 Å². The van der Waals surface area contributed by atoms with Crippen LogP contribution in [0.1, 0.15) is 67.8 Å². The lowest BCUT2D eigenvalue weighted by Gasteiger charge is -2.31. The molecular formula is C25H34N2O3S. The second kappa shape index (κ2) is 9.86. The number of carbonyl (C=O) groups excluding carboxylic acids is 1. The van der Waals surface area contributed by atoms with Gasteiger partial charge in [-0.3, -0.25) is 9.10 Å². The van der Waals surface area contributed by atoms with Crippen LogP contribution in [0.2, 0.25) is 0 Å². The van der Waals surface area contributed by atoms with Crippen molar-refractivity contribution in [1.82, 2.24) is 5.32 Å². The molecule has 0 unspecified atom stereocenters. The highest BCUT2D eigenvalue weighted by atomic mass is 32.2. The number of anilines is 1. The summed E-state index contributed by atoms with van der Waals surface area (Å²) in [6, 6.07) is 12.8. The summed E-state index contributed by atoms with van der Waals surface area (Å²) in [4.78, 5) is 13.3. The normalized spacial score (nSPS) is 15.6. The van der Waals surface area contributed by atoms with Gasteiger partial charge in [0.1, 0.15) is 6.04 Å². The Kier molecular flexibility index (Phi) is 7.42. The molecule has 0 fully saturated rings. The Bertz CT molecular complexity index is 1020. The van der Waals surface area contributed by atoms with Crippen LogP contribution in [0, 0.1) is 6.92 Å². The van der Waals surface area contributed by atoms with E-state index in [9.17, 15) is 13.2 Å². The smallest absolute Gasteiger partial charge is 0.244 e. The minimum Gasteiger partial charge on any atom is -0.347 e. The second-order valence-electron chi connectivity index (χ2n) is 8.52. The largest absolute Gasteiger partial charge is 0.347 e. The number of carbonyl (C=O) groups is 1. The minimum atomic E-state index is -3.63. The molecule has 2 aromatic carbocycles. The Morgan fingerprint density at radius 2 is 1.65 bits per heavy atom. The van der Waals surface area contributed by atoms with Crippen molar-refractivity contribution in [1.29, 1.82) is 0 Å². The molecule has 0 radical (unpaired) electrons. The maximum atomic E-state index is 13.3. The van der Waals surface area contributed by atoms with Crippen LogP contribution in [0.3, 0.4) is 0 Å². The summed E-state index contributed by atoms with van der Waals surface area (Å²) < 4.78 is 26.6. The number of hydrogen-bond acceptors (Lipinski definition) is 3. The molecule has 0 saturated carbocycles. The van der Waals surface area contributed by atoms with Crippen molar-refractivity contribution in [3.63, 3.8) is 0 Å². The van der Waals surface area contributed by atoms with Crippen molar-refractivity contribution in [3.05, 3.63) is 64.7 Å². The van der Waals surface area contributed by atoms with Gasteiger partial charge in [0, 0.05) is 0 Å². The summed E-state index contributed by atoms with van der Waals surface area (Å²) >= 11 is 0. The van der Waals surface area contributed by atoms with Crippen LogP contribution in [-0.2, 0) is 27.7 Å². The number of nitrogens with one attached hydrogen (secondary N) is 1. The van der Waals surface area contributed by atoms with Crippen LogP contribution in [0.4, 0.5) is 5.69 Å². The van der Waals surface area contributed by atoms with Gasteiger partial charge >= 0.3 is 0 Å². The fourth-order valence-electron chi connectivity index (χ4n) is 4.41. The third-order valence-corrected chi connectivity index (χ3v) is 7.30. The van der Waals surface area contributed by atoms with Crippen molar-refractivity contribution in [2.75, 3.05) is 10.6 Å². The first-order chi connectivity index (χ1) is 14.7. The Hall–Kier alpha value is -2.34. The number of aryl methyl sites for hydroxylation is 3. The molecule has 0 saturated heterocycles. The van der Waals surface area contributed by atoms with E-state index in [0.29, 0.717) is 12.1 Å². The number of hydrogen-bond donors (Lipinski definition) is 1. The number of sulfonamides is 1. The summed E-state index contributed by atoms with van der Waals surface area (Å²) in [6.45, 7) is 5.83. The van der Waals surface area contributed by atoms with Gasteiger partial charge in [0.2, 0.25) is 15.9 Å². The molecule has 0 heterocycles. The van der Waals surface area contributed by atoms with Crippen molar-refractivity contribution < 1.29 is 13.2 Å². The number of rotatable bonds is 8. The Labute approximate surface area is 186 Å². The van der Waals surface area contributed by atoms with E-state index < -0.39 is 16.1 Å². The quantitative estimate of drug-likeness (QED) is 0.645. The molecule has 3 rings (SSSR count). The molecule has 0 bridgehead atoms. The maximum absolute atomic E-state index is 13.3. The molecule has 1 amide bonds. The van der Waals surface area contributed by atoms with E-state index in [1.54, 1.807) is 12.1 Å². The fourth-order valence-corrected chi connectivity index (χ4v) is 5.62. The van der Waals surface area contributed by atoms with Crippen molar-refractivity contribution in [2.45, 2.75) is 71.4 Å². The zero-order valence-electron chi connectivity index (χ0n) is 19.0. The van der Waals surface area contributed by atoms with Gasteiger partial charge in [-0.25, -0.2) is 8.42 Å². The van der Waals surface area contributed by atoms with Crippen LogP contribution < -0.4 is 9.62 Å². The highest BCUT2D eigenvalue weighted by Gasteiger charge is 2.32. The summed E-state index contributed by atoms with van der Waals surface area (Å²) in [5, 5.41) is 3.13. The van der Waals surface area contributed by atoms with Gasteiger partial charge in [-0.15, -0.1) is 0 Å². The van der Waals surface area contributed by atoms with Crippen molar-refractivity contribution in [2.24, 2.45) is 0 Å². The predicted molar refractivity (Wildman–Crippen MR) is 127 cm³/mol. The van der Waals surface area contributed by atoms with Crippen LogP contribution in [-0.4, -0.2) is 26.6 Å². The minimum absolute atomic E-state index is 0.145. The average Bonchev–Trinajstić information content (AvgIpc) is 2.75. The standard InChI is InChI=1S/C25H34N2O3S/c1-5-23(21-14-13-19-9-7-8-10-20(19)17-21)26-25(28)24(6-2)27(31(4,29)30)22-15-11-18(3)12-16-22/h11-17,23-24H,5-10H2,1-4H3,(H,26,28)/t23-,24+/m1/s1. The zero-order chi connectivity index (χ0) is 22.6. The molecular weight excluding hydrogens is 408 g/mol. The van der Waals surface area contributed by atoms with Gasteiger partial charge in [0.25, 0.3) is 0 Å². The zero-order valence-corrected chi connectivity index (χ0v) is 19.8. The molecule has 1 N–H and O–H groups in total. The van der Waals surface area contributed by atoms with Gasteiger partial charge in [-0.05, 0) is 74.3 Å². The third-order valence-electron chi connectivity index (χ3n) is 6.12. The average molecular weight is 443 g/mol. The summed E-state index contributed by atoms with van der Waals surface area (Å²) in [6.07, 6.45) is 6.93. The summed E-state index contributed by atoms with van der Waals surface area (Å²) in [5.74, 6) is -0.266. The van der Waals surface area contributed by atoms with Gasteiger partial charge < -0.3 is 5.32 Å². The first-order valence-electron chi connectivity index (χ1n) is 11.2. The molecule has 0 aromatic heterocycles. The number of nitrogens with zero attached hydrogens (tertiary/aromatic N) is 1. The van der Waals surface area contributed by atoms with E-state index in [-0.39, 0.29) is 11.9 Å². The van der Waals surface area contributed by atoms with E-state index in [1.165, 1.54) is 28.3 Å². The predicted octanol–water partition coefficient (Wildman–Crippen LogP) is 4.69. The molecule has 0 aliphatic heterocycles.